The molecule has 0 aromatic heterocycles. The highest BCUT2D eigenvalue weighted by atomic mass is 16.5. The third-order valence-corrected chi connectivity index (χ3v) is 3.89. The number of nitrogens with one attached hydrogen (secondary N) is 2. The molecule has 1 aliphatic rings. The zero-order valence-corrected chi connectivity index (χ0v) is 13.6. The van der Waals surface area contributed by atoms with Crippen LogP contribution in [0.4, 0.5) is 5.69 Å². The summed E-state index contributed by atoms with van der Waals surface area (Å²) in [6, 6.07) is 13.7. The third-order valence-electron chi connectivity index (χ3n) is 3.89. The number of benzene rings is 2. The van der Waals surface area contributed by atoms with E-state index in [4.69, 9.17) is 4.74 Å². The molecule has 2 amide bonds. The number of carbonyl (C=O) groups excluding carboxylic acids is 2. The number of hydrogen-bond acceptors (Lipinski definition) is 3. The van der Waals surface area contributed by atoms with Gasteiger partial charge in [-0.25, -0.2) is 0 Å². The van der Waals surface area contributed by atoms with Crippen LogP contribution in [0.2, 0.25) is 0 Å². The predicted molar refractivity (Wildman–Crippen MR) is 91.9 cm³/mol. The van der Waals surface area contributed by atoms with Crippen molar-refractivity contribution in [3.63, 3.8) is 0 Å². The maximum absolute atomic E-state index is 12.0. The quantitative estimate of drug-likeness (QED) is 0.888. The lowest BCUT2D eigenvalue weighted by Crippen LogP contribution is -2.26. The van der Waals surface area contributed by atoms with Gasteiger partial charge in [-0.15, -0.1) is 0 Å². The molecule has 5 nitrogen and oxygen atoms in total. The lowest BCUT2D eigenvalue weighted by atomic mass is 10.1. The summed E-state index contributed by atoms with van der Waals surface area (Å²) in [7, 11) is 0. The molecule has 0 fully saturated rings. The number of amides is 2. The average molecular weight is 324 g/mol. The van der Waals surface area contributed by atoms with Crippen LogP contribution in [-0.4, -0.2) is 18.4 Å². The zero-order valence-electron chi connectivity index (χ0n) is 13.6. The van der Waals surface area contributed by atoms with Crippen molar-refractivity contribution in [2.24, 2.45) is 0 Å². The number of hydrogen-bond donors (Lipinski definition) is 2. The minimum Gasteiger partial charge on any atom is -0.482 e. The molecule has 1 heterocycles. The summed E-state index contributed by atoms with van der Waals surface area (Å²) in [6.07, 6.45) is 1.18. The van der Waals surface area contributed by atoms with Crippen LogP contribution in [0.1, 0.15) is 23.1 Å². The normalized spacial score (nSPS) is 12.8. The van der Waals surface area contributed by atoms with Gasteiger partial charge < -0.3 is 15.4 Å². The van der Waals surface area contributed by atoms with Gasteiger partial charge in [-0.3, -0.25) is 9.59 Å². The Morgan fingerprint density at radius 3 is 2.92 bits per heavy atom. The van der Waals surface area contributed by atoms with Gasteiger partial charge in [0, 0.05) is 13.0 Å². The smallest absolute Gasteiger partial charge is 0.262 e. The summed E-state index contributed by atoms with van der Waals surface area (Å²) in [5, 5.41) is 5.67. The van der Waals surface area contributed by atoms with E-state index in [1.807, 2.05) is 43.3 Å². The van der Waals surface area contributed by atoms with Crippen LogP contribution in [0, 0.1) is 6.92 Å². The van der Waals surface area contributed by atoms with Gasteiger partial charge in [0.1, 0.15) is 5.75 Å². The number of rotatable bonds is 5. The summed E-state index contributed by atoms with van der Waals surface area (Å²) in [6.45, 7) is 2.51. The van der Waals surface area contributed by atoms with E-state index in [1.165, 1.54) is 11.1 Å². The fourth-order valence-electron chi connectivity index (χ4n) is 2.65. The zero-order chi connectivity index (χ0) is 16.9. The summed E-state index contributed by atoms with van der Waals surface area (Å²) >= 11 is 0. The van der Waals surface area contributed by atoms with E-state index in [-0.39, 0.29) is 18.4 Å². The van der Waals surface area contributed by atoms with Crippen molar-refractivity contribution in [1.29, 1.82) is 0 Å². The van der Waals surface area contributed by atoms with Crippen molar-refractivity contribution < 1.29 is 14.3 Å². The van der Waals surface area contributed by atoms with E-state index in [2.05, 4.69) is 16.7 Å². The molecule has 0 unspecified atom stereocenters. The van der Waals surface area contributed by atoms with Gasteiger partial charge in [-0.1, -0.05) is 35.9 Å². The van der Waals surface area contributed by atoms with Gasteiger partial charge in [0.25, 0.3) is 5.91 Å². The second-order valence-electron chi connectivity index (χ2n) is 5.93. The highest BCUT2D eigenvalue weighted by molar-refractivity contribution is 5.95. The number of anilines is 1. The molecule has 1 aliphatic heterocycles. The second kappa shape index (κ2) is 7.17. The topological polar surface area (TPSA) is 67.4 Å². The Kier molecular flexibility index (Phi) is 4.79. The Bertz CT molecular complexity index is 771. The molecule has 5 heteroatoms. The molecule has 0 saturated heterocycles. The largest absolute Gasteiger partial charge is 0.482 e. The Morgan fingerprint density at radius 2 is 2.08 bits per heavy atom. The first-order chi connectivity index (χ1) is 11.6. The summed E-state index contributed by atoms with van der Waals surface area (Å²) in [4.78, 5) is 23.4. The first kappa shape index (κ1) is 16.1. The van der Waals surface area contributed by atoms with Gasteiger partial charge in [0.2, 0.25) is 5.91 Å². The first-order valence-electron chi connectivity index (χ1n) is 7.98. The first-order valence-corrected chi connectivity index (χ1v) is 7.98. The van der Waals surface area contributed by atoms with Gasteiger partial charge in [-0.2, -0.15) is 0 Å². The van der Waals surface area contributed by atoms with E-state index in [1.54, 1.807) is 0 Å². The van der Waals surface area contributed by atoms with Crippen LogP contribution in [-0.2, 0) is 22.6 Å². The van der Waals surface area contributed by atoms with Crippen molar-refractivity contribution in [2.75, 3.05) is 11.9 Å². The van der Waals surface area contributed by atoms with E-state index >= 15 is 0 Å². The Morgan fingerprint density at radius 1 is 1.21 bits per heavy atom. The fourth-order valence-corrected chi connectivity index (χ4v) is 2.65. The molecule has 2 N–H and O–H groups in total. The van der Waals surface area contributed by atoms with Crippen LogP contribution >= 0.6 is 0 Å². The van der Waals surface area contributed by atoms with Gasteiger partial charge >= 0.3 is 0 Å². The Labute approximate surface area is 141 Å². The molecule has 2 aromatic rings. The van der Waals surface area contributed by atoms with Crippen LogP contribution in [0.3, 0.4) is 0 Å². The second-order valence-corrected chi connectivity index (χ2v) is 5.93. The molecule has 2 aromatic carbocycles. The monoisotopic (exact) mass is 324 g/mol. The molecule has 124 valence electrons. The number of carbonyl (C=O) groups is 2. The van der Waals surface area contributed by atoms with E-state index in [0.717, 1.165) is 12.0 Å². The Hall–Kier alpha value is -2.82. The predicted octanol–water partition coefficient (Wildman–Crippen LogP) is 2.57. The van der Waals surface area contributed by atoms with Crippen LogP contribution in [0.25, 0.3) is 0 Å². The van der Waals surface area contributed by atoms with E-state index < -0.39 is 0 Å². The highest BCUT2D eigenvalue weighted by Crippen LogP contribution is 2.28. The minimum atomic E-state index is -0.165. The highest BCUT2D eigenvalue weighted by Gasteiger charge is 2.15. The molecule has 0 aliphatic carbocycles. The average Bonchev–Trinajstić information content (AvgIpc) is 2.58. The van der Waals surface area contributed by atoms with Crippen molar-refractivity contribution in [2.45, 2.75) is 26.3 Å². The summed E-state index contributed by atoms with van der Waals surface area (Å²) < 4.78 is 5.31. The van der Waals surface area contributed by atoms with Crippen LogP contribution < -0.4 is 15.4 Å². The molecule has 0 saturated carbocycles. The van der Waals surface area contributed by atoms with E-state index in [0.29, 0.717) is 24.4 Å². The van der Waals surface area contributed by atoms with Crippen molar-refractivity contribution >= 4 is 17.5 Å². The molecule has 3 rings (SSSR count). The van der Waals surface area contributed by atoms with E-state index in [9.17, 15) is 9.59 Å². The fraction of sp³-hybridized carbons (Fsp3) is 0.263. The lowest BCUT2D eigenvalue weighted by molar-refractivity contribution is -0.121. The lowest BCUT2D eigenvalue weighted by Gasteiger charge is -2.18. The number of ether oxygens (including phenoxy) is 1. The molecule has 0 radical (unpaired) electrons. The molecular weight excluding hydrogens is 304 g/mol. The standard InChI is InChI=1S/C19H20N2O3/c1-13-3-2-4-14(9-13)6-8-18(22)20-11-15-5-7-17-16(10-15)21-19(23)12-24-17/h2-5,7,9-10H,6,8,11-12H2,1H3,(H,20,22)(H,21,23). The molecule has 0 bridgehead atoms. The number of aryl methyl sites for hydroxylation is 2. The number of fused-ring (bicyclic) bond motifs is 1. The van der Waals surface area contributed by atoms with Gasteiger partial charge in [0.05, 0.1) is 5.69 Å². The minimum absolute atomic E-state index is 0.00881. The maximum Gasteiger partial charge on any atom is 0.262 e. The third kappa shape index (κ3) is 4.13. The van der Waals surface area contributed by atoms with Crippen molar-refractivity contribution in [1.82, 2.24) is 5.32 Å². The Balaban J connectivity index is 1.51. The van der Waals surface area contributed by atoms with Crippen LogP contribution in [0.5, 0.6) is 5.75 Å². The van der Waals surface area contributed by atoms with Crippen molar-refractivity contribution in [3.05, 3.63) is 59.2 Å². The molecule has 0 spiro atoms. The molecule has 24 heavy (non-hydrogen) atoms. The van der Waals surface area contributed by atoms with Crippen LogP contribution in [0.15, 0.2) is 42.5 Å². The molecule has 0 atom stereocenters. The summed E-state index contributed by atoms with van der Waals surface area (Å²) in [5.41, 5.74) is 3.94. The SMILES string of the molecule is Cc1cccc(CCC(=O)NCc2ccc3c(c2)NC(=O)CO3)c1. The maximum atomic E-state index is 12.0. The van der Waals surface area contributed by atoms with Gasteiger partial charge in [0.15, 0.2) is 6.61 Å². The van der Waals surface area contributed by atoms with Crippen molar-refractivity contribution in [3.8, 4) is 5.75 Å². The van der Waals surface area contributed by atoms with Gasteiger partial charge in [-0.05, 0) is 36.6 Å². The summed E-state index contributed by atoms with van der Waals surface area (Å²) in [5.74, 6) is 0.500. The molecular formula is C19H20N2O3.